The molecule has 4 aliphatic heterocycles. The topological polar surface area (TPSA) is 118 Å². The van der Waals surface area contributed by atoms with Crippen LogP contribution in [0.5, 0.6) is 5.75 Å². The predicted molar refractivity (Wildman–Crippen MR) is 208 cm³/mol. The number of sulfonamides is 1. The Bertz CT molecular complexity index is 1930. The van der Waals surface area contributed by atoms with E-state index in [1.165, 1.54) is 11.1 Å². The molecule has 2 aromatic carbocycles. The lowest BCUT2D eigenvalue weighted by molar-refractivity contribution is -0.155. The number of halogens is 1. The number of ether oxygens (including phenoxy) is 3. The summed E-state index contributed by atoms with van der Waals surface area (Å²) >= 11 is 6.50. The third-order valence-corrected chi connectivity index (χ3v) is 15.7. The second-order valence-electron chi connectivity index (χ2n) is 16.7. The van der Waals surface area contributed by atoms with Gasteiger partial charge in [-0.25, -0.2) is 13.1 Å². The number of anilines is 1. The van der Waals surface area contributed by atoms with Crippen molar-refractivity contribution < 1.29 is 32.2 Å². The van der Waals surface area contributed by atoms with Gasteiger partial charge in [-0.3, -0.25) is 14.5 Å². The van der Waals surface area contributed by atoms with Gasteiger partial charge < -0.3 is 24.0 Å². The molecule has 2 saturated heterocycles. The van der Waals surface area contributed by atoms with E-state index in [9.17, 15) is 18.0 Å². The highest BCUT2D eigenvalue weighted by atomic mass is 35.5. The number of amides is 2. The van der Waals surface area contributed by atoms with Crippen molar-refractivity contribution in [2.24, 2.45) is 17.8 Å². The fourth-order valence-corrected chi connectivity index (χ4v) is 11.5. The molecule has 292 valence electrons. The van der Waals surface area contributed by atoms with Gasteiger partial charge in [0.15, 0.2) is 0 Å². The van der Waals surface area contributed by atoms with Crippen LogP contribution in [0.4, 0.5) is 5.69 Å². The number of aryl methyl sites for hydroxylation is 1. The maximum Gasteiger partial charge on any atom is 0.264 e. The van der Waals surface area contributed by atoms with E-state index in [2.05, 4.69) is 38.8 Å². The molecule has 2 aromatic rings. The SMILES string of the molecule is CO[C@@]1(CN2CCN3C(=O)COC[C@@H]3C2)/C=C\C[C@H](C)[C@@H](C)S(=O)(=O)NC(=O)c2ccc3c(c2)N(C[C@@H]2CC[C@H]21)C[C@@]1(CCCc2cc(Cl)ccc21)CO3. The molecule has 11 nitrogen and oxygen atoms in total. The van der Waals surface area contributed by atoms with E-state index in [1.54, 1.807) is 20.1 Å². The fraction of sp³-hybridized carbons (Fsp3) is 0.610. The minimum Gasteiger partial charge on any atom is -0.490 e. The third kappa shape index (κ3) is 6.95. The molecule has 13 heteroatoms. The lowest BCUT2D eigenvalue weighted by Crippen LogP contribution is -2.63. The van der Waals surface area contributed by atoms with Crippen molar-refractivity contribution in [2.45, 2.75) is 74.7 Å². The summed E-state index contributed by atoms with van der Waals surface area (Å²) in [6.07, 6.45) is 9.73. The van der Waals surface area contributed by atoms with Crippen LogP contribution in [-0.2, 0) is 36.1 Å². The first kappa shape index (κ1) is 37.7. The maximum absolute atomic E-state index is 13.7. The van der Waals surface area contributed by atoms with Gasteiger partial charge in [-0.2, -0.15) is 0 Å². The van der Waals surface area contributed by atoms with Crippen LogP contribution in [-0.4, -0.2) is 113 Å². The van der Waals surface area contributed by atoms with Gasteiger partial charge >= 0.3 is 0 Å². The van der Waals surface area contributed by atoms with Crippen LogP contribution >= 0.6 is 11.6 Å². The zero-order chi connectivity index (χ0) is 37.8. The van der Waals surface area contributed by atoms with Crippen molar-refractivity contribution in [1.29, 1.82) is 0 Å². The van der Waals surface area contributed by atoms with Gasteiger partial charge in [0.25, 0.3) is 5.91 Å². The summed E-state index contributed by atoms with van der Waals surface area (Å²) in [5.74, 6) is 0.288. The molecule has 2 bridgehead atoms. The highest BCUT2D eigenvalue weighted by Crippen LogP contribution is 2.49. The molecule has 2 aliphatic carbocycles. The van der Waals surface area contributed by atoms with Crippen LogP contribution in [0, 0.1) is 17.8 Å². The molecule has 3 fully saturated rings. The number of fused-ring (bicyclic) bond motifs is 5. The predicted octanol–water partition coefficient (Wildman–Crippen LogP) is 4.81. The van der Waals surface area contributed by atoms with E-state index in [0.29, 0.717) is 51.6 Å². The number of benzene rings is 2. The van der Waals surface area contributed by atoms with Gasteiger partial charge in [0.2, 0.25) is 15.9 Å². The van der Waals surface area contributed by atoms with Gasteiger partial charge in [0, 0.05) is 62.4 Å². The fourth-order valence-electron chi connectivity index (χ4n) is 10.1. The Kier molecular flexibility index (Phi) is 10.3. The van der Waals surface area contributed by atoms with Crippen LogP contribution in [0.25, 0.3) is 0 Å². The number of allylic oxidation sites excluding steroid dienone is 1. The van der Waals surface area contributed by atoms with Crippen molar-refractivity contribution in [3.63, 3.8) is 0 Å². The second kappa shape index (κ2) is 14.7. The molecule has 0 radical (unpaired) electrons. The summed E-state index contributed by atoms with van der Waals surface area (Å²) < 4.78 is 48.6. The molecule has 1 saturated carbocycles. The standard InChI is InChI=1S/C41H53ClN4O7S/c1-27-6-4-15-41(51-3,25-44-16-17-46-33(21-44)22-52-23-38(46)47)35-11-8-31(35)20-45-24-40(14-5-7-29-18-32(42)10-12-34(29)40)26-53-37-13-9-30(19-36(37)45)39(48)43-54(49,50)28(27)2/h4,9-10,12-13,15,18-19,27-28,31,33,35H,5-8,11,14,16-17,20-26H2,1-3H3,(H,43,48)/b15-4-/t27-,28+,31-,33-,35+,40-,41+/m0/s1. The number of morpholine rings is 1. The molecule has 0 unspecified atom stereocenters. The third-order valence-electron chi connectivity index (χ3n) is 13.5. The molecule has 6 aliphatic rings. The minimum absolute atomic E-state index is 0.00907. The first-order valence-corrected chi connectivity index (χ1v) is 21.5. The van der Waals surface area contributed by atoms with Crippen molar-refractivity contribution >= 4 is 39.1 Å². The van der Waals surface area contributed by atoms with E-state index in [1.807, 2.05) is 30.0 Å². The molecule has 7 atom stereocenters. The largest absolute Gasteiger partial charge is 0.490 e. The number of carbonyl (C=O) groups excluding carboxylic acids is 2. The molecule has 54 heavy (non-hydrogen) atoms. The average molecular weight is 781 g/mol. The number of hydrogen-bond donors (Lipinski definition) is 1. The van der Waals surface area contributed by atoms with E-state index in [4.69, 9.17) is 25.8 Å². The Morgan fingerprint density at radius 2 is 1.93 bits per heavy atom. The molecule has 1 N–H and O–H groups in total. The van der Waals surface area contributed by atoms with Gasteiger partial charge in [0.05, 0.1) is 30.2 Å². The summed E-state index contributed by atoms with van der Waals surface area (Å²) in [5, 5.41) is -0.0852. The van der Waals surface area contributed by atoms with Crippen LogP contribution in [0.2, 0.25) is 5.02 Å². The lowest BCUT2D eigenvalue weighted by Gasteiger charge is -2.53. The quantitative estimate of drug-likeness (QED) is 0.438. The van der Waals surface area contributed by atoms with Gasteiger partial charge in [-0.1, -0.05) is 36.7 Å². The Morgan fingerprint density at radius 3 is 2.72 bits per heavy atom. The Hall–Kier alpha value is -3.16. The van der Waals surface area contributed by atoms with E-state index < -0.39 is 26.8 Å². The number of rotatable bonds is 3. The van der Waals surface area contributed by atoms with Crippen molar-refractivity contribution in [2.75, 3.05) is 71.1 Å². The number of methoxy groups -OCH3 is 1. The van der Waals surface area contributed by atoms with Crippen molar-refractivity contribution in [3.05, 3.63) is 70.3 Å². The summed E-state index contributed by atoms with van der Waals surface area (Å²) in [7, 11) is -2.19. The zero-order valence-corrected chi connectivity index (χ0v) is 33.2. The molecular weight excluding hydrogens is 728 g/mol. The molecule has 4 heterocycles. The monoisotopic (exact) mass is 780 g/mol. The van der Waals surface area contributed by atoms with Gasteiger partial charge in [0.1, 0.15) is 18.0 Å². The smallest absolute Gasteiger partial charge is 0.264 e. The number of nitrogens with zero attached hydrogens (tertiary/aromatic N) is 3. The molecular formula is C41H53ClN4O7S. The normalized spacial score (nSPS) is 34.7. The highest BCUT2D eigenvalue weighted by molar-refractivity contribution is 7.90. The van der Waals surface area contributed by atoms with E-state index in [0.717, 1.165) is 55.9 Å². The van der Waals surface area contributed by atoms with Crippen LogP contribution in [0.3, 0.4) is 0 Å². The molecule has 2 amide bonds. The minimum atomic E-state index is -3.99. The van der Waals surface area contributed by atoms with Gasteiger partial charge in [-0.15, -0.1) is 0 Å². The second-order valence-corrected chi connectivity index (χ2v) is 19.2. The summed E-state index contributed by atoms with van der Waals surface area (Å²) in [5.41, 5.74) is 2.65. The van der Waals surface area contributed by atoms with E-state index in [-0.39, 0.29) is 47.3 Å². The van der Waals surface area contributed by atoms with Crippen LogP contribution < -0.4 is 14.4 Å². The van der Waals surface area contributed by atoms with Crippen molar-refractivity contribution in [3.8, 4) is 5.75 Å². The number of hydrogen-bond acceptors (Lipinski definition) is 9. The lowest BCUT2D eigenvalue weighted by atomic mass is 9.63. The maximum atomic E-state index is 13.7. The van der Waals surface area contributed by atoms with Crippen LogP contribution in [0.1, 0.15) is 67.4 Å². The van der Waals surface area contributed by atoms with Gasteiger partial charge in [-0.05, 0) is 105 Å². The molecule has 1 spiro atoms. The number of piperazine rings is 1. The Morgan fingerprint density at radius 1 is 1.07 bits per heavy atom. The first-order chi connectivity index (χ1) is 25.9. The molecule has 0 aromatic heterocycles. The summed E-state index contributed by atoms with van der Waals surface area (Å²) in [4.78, 5) is 33.1. The van der Waals surface area contributed by atoms with E-state index >= 15 is 0 Å². The van der Waals surface area contributed by atoms with Crippen LogP contribution in [0.15, 0.2) is 48.6 Å². The number of carbonyl (C=O) groups is 2. The Labute approximate surface area is 324 Å². The first-order valence-electron chi connectivity index (χ1n) is 19.6. The summed E-state index contributed by atoms with van der Waals surface area (Å²) in [6, 6.07) is 11.5. The number of nitrogens with one attached hydrogen (secondary N) is 1. The average Bonchev–Trinajstić information content (AvgIpc) is 3.29. The highest BCUT2D eigenvalue weighted by Gasteiger charge is 2.50. The summed E-state index contributed by atoms with van der Waals surface area (Å²) in [6.45, 7) is 8.90. The Balaban J connectivity index is 1.18. The molecule has 8 rings (SSSR count). The van der Waals surface area contributed by atoms with Crippen molar-refractivity contribution in [1.82, 2.24) is 14.5 Å². The zero-order valence-electron chi connectivity index (χ0n) is 31.6.